The van der Waals surface area contributed by atoms with E-state index in [1.54, 1.807) is 0 Å². The van der Waals surface area contributed by atoms with Crippen molar-refractivity contribution < 1.29 is 4.79 Å². The molecule has 2 atom stereocenters. The normalized spacial score (nSPS) is 31.5. The quantitative estimate of drug-likeness (QED) is 0.860. The van der Waals surface area contributed by atoms with Crippen molar-refractivity contribution in [2.45, 2.75) is 44.9 Å². The molecule has 0 radical (unpaired) electrons. The van der Waals surface area contributed by atoms with E-state index in [0.29, 0.717) is 0 Å². The van der Waals surface area contributed by atoms with E-state index >= 15 is 0 Å². The fourth-order valence-electron chi connectivity index (χ4n) is 4.06. The van der Waals surface area contributed by atoms with Gasteiger partial charge < -0.3 is 5.32 Å². The molecule has 0 bridgehead atoms. The molecule has 1 aromatic carbocycles. The van der Waals surface area contributed by atoms with Gasteiger partial charge in [-0.25, -0.2) is 0 Å². The molecule has 1 aromatic rings. The molecule has 2 saturated carbocycles. The van der Waals surface area contributed by atoms with Crippen molar-refractivity contribution in [3.8, 4) is 0 Å². The number of anilines is 1. The van der Waals surface area contributed by atoms with Crippen LogP contribution in [0.4, 0.5) is 5.69 Å². The van der Waals surface area contributed by atoms with E-state index in [2.05, 4.69) is 23.5 Å². The number of carbonyl (C=O) groups excluding carboxylic acids is 1. The van der Waals surface area contributed by atoms with Crippen LogP contribution in [0.2, 0.25) is 0 Å². The fraction of sp³-hybridized carbons (Fsp3) is 0.588. The van der Waals surface area contributed by atoms with Crippen molar-refractivity contribution in [2.24, 2.45) is 17.8 Å². The van der Waals surface area contributed by atoms with E-state index in [0.717, 1.165) is 36.8 Å². The second kappa shape index (κ2) is 4.36. The zero-order valence-corrected chi connectivity index (χ0v) is 11.3. The number of hydrogen-bond acceptors (Lipinski definition) is 1. The Morgan fingerprint density at radius 1 is 1.05 bits per heavy atom. The zero-order chi connectivity index (χ0) is 12.8. The van der Waals surface area contributed by atoms with E-state index in [4.69, 9.17) is 0 Å². The first-order valence-corrected chi connectivity index (χ1v) is 7.73. The molecule has 3 aliphatic carbocycles. The monoisotopic (exact) mass is 255 g/mol. The molecule has 0 saturated heterocycles. The van der Waals surface area contributed by atoms with Gasteiger partial charge in [-0.3, -0.25) is 4.79 Å². The van der Waals surface area contributed by atoms with Crippen LogP contribution in [0.1, 0.15) is 43.2 Å². The Kier molecular flexibility index (Phi) is 2.64. The Hall–Kier alpha value is -1.31. The van der Waals surface area contributed by atoms with Crippen LogP contribution in [-0.4, -0.2) is 5.91 Å². The third-order valence-corrected chi connectivity index (χ3v) is 5.27. The van der Waals surface area contributed by atoms with Gasteiger partial charge in [0.05, 0.1) is 0 Å². The average molecular weight is 255 g/mol. The van der Waals surface area contributed by atoms with Crippen LogP contribution in [0.5, 0.6) is 0 Å². The minimum atomic E-state index is 0.270. The minimum Gasteiger partial charge on any atom is -0.326 e. The summed E-state index contributed by atoms with van der Waals surface area (Å²) in [5, 5.41) is 3.21. The number of nitrogens with one attached hydrogen (secondary N) is 1. The van der Waals surface area contributed by atoms with Crippen LogP contribution in [0.25, 0.3) is 0 Å². The molecule has 1 amide bonds. The first kappa shape index (κ1) is 11.5. The highest BCUT2D eigenvalue weighted by Crippen LogP contribution is 2.54. The van der Waals surface area contributed by atoms with Gasteiger partial charge in [-0.1, -0.05) is 12.1 Å². The SMILES string of the molecule is O=C(Nc1cccc2c1CCCC2)C1CC2CC2C1. The molecule has 0 spiro atoms. The molecule has 0 aromatic heterocycles. The van der Waals surface area contributed by atoms with Gasteiger partial charge in [-0.2, -0.15) is 0 Å². The third-order valence-electron chi connectivity index (χ3n) is 5.27. The van der Waals surface area contributed by atoms with Crippen molar-refractivity contribution in [3.05, 3.63) is 29.3 Å². The lowest BCUT2D eigenvalue weighted by molar-refractivity contribution is -0.120. The standard InChI is InChI=1S/C17H21NO/c19-17(14-9-12-8-13(12)10-14)18-16-7-3-5-11-4-1-2-6-15(11)16/h3,5,7,12-14H,1-2,4,6,8-10H2,(H,18,19). The largest absolute Gasteiger partial charge is 0.326 e. The fourth-order valence-corrected chi connectivity index (χ4v) is 4.06. The smallest absolute Gasteiger partial charge is 0.227 e. The highest BCUT2D eigenvalue weighted by molar-refractivity contribution is 5.93. The molecule has 2 unspecified atom stereocenters. The molecule has 19 heavy (non-hydrogen) atoms. The predicted molar refractivity (Wildman–Crippen MR) is 76.0 cm³/mol. The van der Waals surface area contributed by atoms with Gasteiger partial charge in [-0.05, 0) is 74.0 Å². The van der Waals surface area contributed by atoms with Gasteiger partial charge in [0.2, 0.25) is 5.91 Å². The lowest BCUT2D eigenvalue weighted by Crippen LogP contribution is -2.23. The first-order valence-electron chi connectivity index (χ1n) is 7.73. The molecule has 100 valence electrons. The second-order valence-electron chi connectivity index (χ2n) is 6.56. The summed E-state index contributed by atoms with van der Waals surface area (Å²) in [6.45, 7) is 0. The molecular formula is C17H21NO. The first-order chi connectivity index (χ1) is 9.31. The molecule has 4 rings (SSSR count). The van der Waals surface area contributed by atoms with Gasteiger partial charge in [0.25, 0.3) is 0 Å². The summed E-state index contributed by atoms with van der Waals surface area (Å²) in [6, 6.07) is 6.39. The maximum atomic E-state index is 12.4. The van der Waals surface area contributed by atoms with Crippen LogP contribution in [-0.2, 0) is 17.6 Å². The van der Waals surface area contributed by atoms with Crippen molar-refractivity contribution in [1.29, 1.82) is 0 Å². The molecule has 2 fully saturated rings. The van der Waals surface area contributed by atoms with E-state index in [1.807, 2.05) is 0 Å². The lowest BCUT2D eigenvalue weighted by Gasteiger charge is -2.21. The molecule has 2 heteroatoms. The van der Waals surface area contributed by atoms with E-state index in [1.165, 1.54) is 36.8 Å². The highest BCUT2D eigenvalue weighted by Gasteiger charge is 2.48. The summed E-state index contributed by atoms with van der Waals surface area (Å²) >= 11 is 0. The van der Waals surface area contributed by atoms with Crippen LogP contribution >= 0.6 is 0 Å². The minimum absolute atomic E-state index is 0.270. The van der Waals surface area contributed by atoms with Gasteiger partial charge >= 0.3 is 0 Å². The van der Waals surface area contributed by atoms with Crippen molar-refractivity contribution in [2.75, 3.05) is 5.32 Å². The number of fused-ring (bicyclic) bond motifs is 2. The molecular weight excluding hydrogens is 234 g/mol. The Bertz CT molecular complexity index is 512. The van der Waals surface area contributed by atoms with Crippen molar-refractivity contribution in [1.82, 2.24) is 0 Å². The predicted octanol–water partition coefficient (Wildman–Crippen LogP) is 3.55. The second-order valence-corrected chi connectivity index (χ2v) is 6.56. The zero-order valence-electron chi connectivity index (χ0n) is 11.3. The summed E-state index contributed by atoms with van der Waals surface area (Å²) in [5.41, 5.74) is 3.92. The van der Waals surface area contributed by atoms with Crippen LogP contribution in [0, 0.1) is 17.8 Å². The number of amides is 1. The maximum absolute atomic E-state index is 12.4. The molecule has 1 N–H and O–H groups in total. The summed E-state index contributed by atoms with van der Waals surface area (Å²) in [6.07, 6.45) is 8.49. The maximum Gasteiger partial charge on any atom is 0.227 e. The average Bonchev–Trinajstić information content (AvgIpc) is 3.05. The van der Waals surface area contributed by atoms with Crippen molar-refractivity contribution >= 4 is 11.6 Å². The van der Waals surface area contributed by atoms with Crippen molar-refractivity contribution in [3.63, 3.8) is 0 Å². The van der Waals surface area contributed by atoms with E-state index in [9.17, 15) is 4.79 Å². The third kappa shape index (κ3) is 2.07. The van der Waals surface area contributed by atoms with Crippen LogP contribution in [0.3, 0.4) is 0 Å². The van der Waals surface area contributed by atoms with Crippen LogP contribution < -0.4 is 5.32 Å². The molecule has 0 heterocycles. The Labute approximate surface area is 114 Å². The van der Waals surface area contributed by atoms with Crippen LogP contribution in [0.15, 0.2) is 18.2 Å². The van der Waals surface area contributed by atoms with Gasteiger partial charge in [0, 0.05) is 11.6 Å². The molecule has 0 aliphatic heterocycles. The van der Waals surface area contributed by atoms with Gasteiger partial charge in [0.15, 0.2) is 0 Å². The summed E-state index contributed by atoms with van der Waals surface area (Å²) < 4.78 is 0. The number of benzene rings is 1. The Balaban J connectivity index is 1.51. The summed E-state index contributed by atoms with van der Waals surface area (Å²) in [5.74, 6) is 2.30. The van der Waals surface area contributed by atoms with Gasteiger partial charge in [0.1, 0.15) is 0 Å². The Morgan fingerprint density at radius 2 is 1.84 bits per heavy atom. The number of carbonyl (C=O) groups is 1. The molecule has 3 aliphatic rings. The van der Waals surface area contributed by atoms with E-state index in [-0.39, 0.29) is 11.8 Å². The number of hydrogen-bond donors (Lipinski definition) is 1. The topological polar surface area (TPSA) is 29.1 Å². The number of aryl methyl sites for hydroxylation is 1. The lowest BCUT2D eigenvalue weighted by atomic mass is 9.90. The molecule has 2 nitrogen and oxygen atoms in total. The van der Waals surface area contributed by atoms with Gasteiger partial charge in [-0.15, -0.1) is 0 Å². The highest BCUT2D eigenvalue weighted by atomic mass is 16.1. The van der Waals surface area contributed by atoms with E-state index < -0.39 is 0 Å². The Morgan fingerprint density at radius 3 is 2.68 bits per heavy atom. The summed E-state index contributed by atoms with van der Waals surface area (Å²) in [4.78, 5) is 12.4. The number of rotatable bonds is 2. The summed E-state index contributed by atoms with van der Waals surface area (Å²) in [7, 11) is 0.